The van der Waals surface area contributed by atoms with Gasteiger partial charge in [0.1, 0.15) is 0 Å². The highest BCUT2D eigenvalue weighted by atomic mass is 32.2. The van der Waals surface area contributed by atoms with E-state index in [-0.39, 0.29) is 11.7 Å². The molecule has 0 radical (unpaired) electrons. The summed E-state index contributed by atoms with van der Waals surface area (Å²) in [7, 11) is 3.16. The van der Waals surface area contributed by atoms with Crippen molar-refractivity contribution >= 4 is 17.7 Å². The first-order valence-corrected chi connectivity index (χ1v) is 10.00. The van der Waals surface area contributed by atoms with Gasteiger partial charge in [0.25, 0.3) is 5.22 Å². The van der Waals surface area contributed by atoms with E-state index in [4.69, 9.17) is 13.9 Å². The van der Waals surface area contributed by atoms with Crippen LogP contribution in [0, 0.1) is 13.8 Å². The summed E-state index contributed by atoms with van der Waals surface area (Å²) in [6.45, 7) is 4.47. The summed E-state index contributed by atoms with van der Waals surface area (Å²) in [5.74, 6) is 1.77. The highest BCUT2D eigenvalue weighted by molar-refractivity contribution is 7.99. The van der Waals surface area contributed by atoms with Crippen molar-refractivity contribution in [3.63, 3.8) is 0 Å². The minimum atomic E-state index is -0.129. The number of hydrogen-bond donors (Lipinski definition) is 1. The molecule has 1 amide bonds. The SMILES string of the molecule is COc1ccc(CNC(=O)CSc2nnc(-c3ccc(C)c(C)c3)o2)cc1OC. The van der Waals surface area contributed by atoms with E-state index in [1.807, 2.05) is 43.3 Å². The smallest absolute Gasteiger partial charge is 0.277 e. The molecule has 0 unspecified atom stereocenters. The molecule has 3 rings (SSSR count). The highest BCUT2D eigenvalue weighted by Gasteiger charge is 2.12. The van der Waals surface area contributed by atoms with Gasteiger partial charge in [0.2, 0.25) is 11.8 Å². The van der Waals surface area contributed by atoms with Crippen LogP contribution in [0.4, 0.5) is 0 Å². The first-order valence-electron chi connectivity index (χ1n) is 9.01. The van der Waals surface area contributed by atoms with Crippen LogP contribution in [0.25, 0.3) is 11.5 Å². The Bertz CT molecular complexity index is 1000. The van der Waals surface area contributed by atoms with Gasteiger partial charge in [0.05, 0.1) is 20.0 Å². The molecule has 2 aromatic carbocycles. The first-order chi connectivity index (χ1) is 14.0. The second-order valence-electron chi connectivity index (χ2n) is 6.43. The fourth-order valence-electron chi connectivity index (χ4n) is 2.63. The van der Waals surface area contributed by atoms with Crippen molar-refractivity contribution in [2.75, 3.05) is 20.0 Å². The minimum absolute atomic E-state index is 0.129. The predicted octanol–water partition coefficient (Wildman–Crippen LogP) is 3.78. The van der Waals surface area contributed by atoms with Gasteiger partial charge in [-0.2, -0.15) is 0 Å². The van der Waals surface area contributed by atoms with Gasteiger partial charge in [-0.05, 0) is 54.8 Å². The number of aryl methyl sites for hydroxylation is 2. The lowest BCUT2D eigenvalue weighted by Gasteiger charge is -2.10. The summed E-state index contributed by atoms with van der Waals surface area (Å²) in [4.78, 5) is 12.1. The third kappa shape index (κ3) is 5.29. The first kappa shape index (κ1) is 20.7. The molecule has 0 bridgehead atoms. The molecule has 8 heteroatoms. The Kier molecular flexibility index (Phi) is 6.77. The number of benzene rings is 2. The maximum absolute atomic E-state index is 12.1. The van der Waals surface area contributed by atoms with E-state index in [0.29, 0.717) is 29.2 Å². The largest absolute Gasteiger partial charge is 0.493 e. The van der Waals surface area contributed by atoms with E-state index in [1.165, 1.54) is 17.3 Å². The fourth-order valence-corrected chi connectivity index (χ4v) is 3.22. The minimum Gasteiger partial charge on any atom is -0.493 e. The van der Waals surface area contributed by atoms with Gasteiger partial charge in [0, 0.05) is 12.1 Å². The lowest BCUT2D eigenvalue weighted by atomic mass is 10.1. The number of rotatable bonds is 8. The molecule has 0 atom stereocenters. The molecule has 1 aromatic heterocycles. The third-order valence-corrected chi connectivity index (χ3v) is 5.24. The van der Waals surface area contributed by atoms with Gasteiger partial charge in [-0.15, -0.1) is 10.2 Å². The van der Waals surface area contributed by atoms with E-state index in [0.717, 1.165) is 16.7 Å². The summed E-state index contributed by atoms with van der Waals surface area (Å²) in [5, 5.41) is 11.3. The van der Waals surface area contributed by atoms with Crippen LogP contribution in [0.15, 0.2) is 46.0 Å². The van der Waals surface area contributed by atoms with Crippen LogP contribution >= 0.6 is 11.8 Å². The van der Waals surface area contributed by atoms with Crippen LogP contribution in [0.1, 0.15) is 16.7 Å². The molecule has 0 aliphatic carbocycles. The number of carbonyl (C=O) groups is 1. The van der Waals surface area contributed by atoms with Crippen LogP contribution in [0.3, 0.4) is 0 Å². The average Bonchev–Trinajstić information content (AvgIpc) is 3.21. The molecular weight excluding hydrogens is 390 g/mol. The van der Waals surface area contributed by atoms with E-state index in [1.54, 1.807) is 14.2 Å². The van der Waals surface area contributed by atoms with Crippen molar-refractivity contribution in [2.24, 2.45) is 0 Å². The van der Waals surface area contributed by atoms with Gasteiger partial charge in [-0.25, -0.2) is 0 Å². The lowest BCUT2D eigenvalue weighted by Crippen LogP contribution is -2.24. The van der Waals surface area contributed by atoms with Crippen LogP contribution < -0.4 is 14.8 Å². The van der Waals surface area contributed by atoms with E-state index in [2.05, 4.69) is 22.4 Å². The number of ether oxygens (including phenoxy) is 2. The Morgan fingerprint density at radius 2 is 1.83 bits per heavy atom. The second-order valence-corrected chi connectivity index (χ2v) is 7.35. The summed E-state index contributed by atoms with van der Waals surface area (Å²) >= 11 is 1.20. The summed E-state index contributed by atoms with van der Waals surface area (Å²) in [5.41, 5.74) is 4.14. The molecular formula is C21H23N3O4S. The van der Waals surface area contributed by atoms with Crippen molar-refractivity contribution in [1.82, 2.24) is 15.5 Å². The molecule has 7 nitrogen and oxygen atoms in total. The normalized spacial score (nSPS) is 10.6. The Morgan fingerprint density at radius 1 is 1.03 bits per heavy atom. The van der Waals surface area contributed by atoms with Gasteiger partial charge < -0.3 is 19.2 Å². The summed E-state index contributed by atoms with van der Waals surface area (Å²) < 4.78 is 16.1. The van der Waals surface area contributed by atoms with Crippen molar-refractivity contribution in [3.05, 3.63) is 53.1 Å². The molecule has 29 heavy (non-hydrogen) atoms. The van der Waals surface area contributed by atoms with Crippen molar-refractivity contribution < 1.29 is 18.7 Å². The van der Waals surface area contributed by atoms with Crippen LogP contribution in [-0.4, -0.2) is 36.1 Å². The fraction of sp³-hybridized carbons (Fsp3) is 0.286. The molecule has 1 N–H and O–H groups in total. The van der Waals surface area contributed by atoms with Gasteiger partial charge >= 0.3 is 0 Å². The Balaban J connectivity index is 1.52. The number of thioether (sulfide) groups is 1. The lowest BCUT2D eigenvalue weighted by molar-refractivity contribution is -0.118. The van der Waals surface area contributed by atoms with Gasteiger partial charge in [0.15, 0.2) is 11.5 Å². The molecule has 1 heterocycles. The number of amides is 1. The summed E-state index contributed by atoms with van der Waals surface area (Å²) in [6.07, 6.45) is 0. The molecule has 0 saturated heterocycles. The van der Waals surface area contributed by atoms with E-state index in [9.17, 15) is 4.79 Å². The molecule has 0 saturated carbocycles. The molecule has 0 aliphatic heterocycles. The topological polar surface area (TPSA) is 86.5 Å². The zero-order chi connectivity index (χ0) is 20.8. The van der Waals surface area contributed by atoms with E-state index < -0.39 is 0 Å². The maximum atomic E-state index is 12.1. The van der Waals surface area contributed by atoms with Gasteiger partial charge in [-0.1, -0.05) is 23.9 Å². The third-order valence-electron chi connectivity index (χ3n) is 4.42. The Labute approximate surface area is 173 Å². The highest BCUT2D eigenvalue weighted by Crippen LogP contribution is 2.27. The number of nitrogens with one attached hydrogen (secondary N) is 1. The molecule has 152 valence electrons. The van der Waals surface area contributed by atoms with Crippen LogP contribution in [-0.2, 0) is 11.3 Å². The van der Waals surface area contributed by atoms with Crippen LogP contribution in [0.5, 0.6) is 11.5 Å². The predicted molar refractivity (Wildman–Crippen MR) is 111 cm³/mol. The molecule has 0 fully saturated rings. The Hall–Kier alpha value is -3.00. The number of methoxy groups -OCH3 is 2. The Morgan fingerprint density at radius 3 is 2.55 bits per heavy atom. The van der Waals surface area contributed by atoms with Crippen LogP contribution in [0.2, 0.25) is 0 Å². The summed E-state index contributed by atoms with van der Waals surface area (Å²) in [6, 6.07) is 11.5. The second kappa shape index (κ2) is 9.47. The number of carbonyl (C=O) groups excluding carboxylic acids is 1. The van der Waals surface area contributed by atoms with Crippen molar-refractivity contribution in [1.29, 1.82) is 0 Å². The van der Waals surface area contributed by atoms with Crippen molar-refractivity contribution in [3.8, 4) is 23.0 Å². The monoisotopic (exact) mass is 413 g/mol. The zero-order valence-electron chi connectivity index (χ0n) is 16.8. The quantitative estimate of drug-likeness (QED) is 0.562. The number of hydrogen-bond acceptors (Lipinski definition) is 7. The molecule has 0 spiro atoms. The van der Waals surface area contributed by atoms with Gasteiger partial charge in [-0.3, -0.25) is 4.79 Å². The van der Waals surface area contributed by atoms with E-state index >= 15 is 0 Å². The zero-order valence-corrected chi connectivity index (χ0v) is 17.6. The van der Waals surface area contributed by atoms with Crippen molar-refractivity contribution in [2.45, 2.75) is 25.6 Å². The molecule has 0 aliphatic rings. The average molecular weight is 413 g/mol. The number of aromatic nitrogens is 2. The maximum Gasteiger partial charge on any atom is 0.277 e. The molecule has 3 aromatic rings. The number of nitrogens with zero attached hydrogens (tertiary/aromatic N) is 2. The standard InChI is InChI=1S/C21H23N3O4S/c1-13-5-7-16(9-14(13)2)20-23-24-21(28-20)29-12-19(25)22-11-15-6-8-17(26-3)18(10-15)27-4/h5-10H,11-12H2,1-4H3,(H,22,25).